The van der Waals surface area contributed by atoms with Crippen LogP contribution < -0.4 is 5.32 Å². The fourth-order valence-electron chi connectivity index (χ4n) is 2.29. The van der Waals surface area contributed by atoms with Crippen LogP contribution in [0.4, 0.5) is 4.39 Å². The number of carbonyl (C=O) groups excluding carboxylic acids is 1. The molecular formula is C16H15FN2O. The summed E-state index contributed by atoms with van der Waals surface area (Å²) in [5, 5.41) is 3.03. The zero-order valence-electron chi connectivity index (χ0n) is 10.9. The zero-order valence-corrected chi connectivity index (χ0v) is 10.9. The molecule has 1 heterocycles. The molecule has 1 fully saturated rings. The highest BCUT2D eigenvalue weighted by molar-refractivity contribution is 5.94. The number of nitrogens with one attached hydrogen (secondary N) is 1. The summed E-state index contributed by atoms with van der Waals surface area (Å²) in [5.74, 6) is 0.0438. The van der Waals surface area contributed by atoms with Crippen molar-refractivity contribution >= 4 is 5.91 Å². The van der Waals surface area contributed by atoms with Gasteiger partial charge in [0.15, 0.2) is 0 Å². The third kappa shape index (κ3) is 2.85. The molecule has 1 aliphatic rings. The normalized spacial score (nSPS) is 15.7. The highest BCUT2D eigenvalue weighted by atomic mass is 19.1. The minimum atomic E-state index is -0.262. The molecule has 20 heavy (non-hydrogen) atoms. The van der Waals surface area contributed by atoms with Gasteiger partial charge in [0.2, 0.25) is 0 Å². The van der Waals surface area contributed by atoms with Crippen LogP contribution in [0.15, 0.2) is 48.8 Å². The number of hydrogen-bond acceptors (Lipinski definition) is 2. The van der Waals surface area contributed by atoms with Crippen molar-refractivity contribution < 1.29 is 9.18 Å². The lowest BCUT2D eigenvalue weighted by molar-refractivity contribution is 0.0931. The number of aromatic nitrogens is 1. The molecular weight excluding hydrogens is 255 g/mol. The zero-order chi connectivity index (χ0) is 13.9. The molecule has 0 bridgehead atoms. The van der Waals surface area contributed by atoms with Crippen molar-refractivity contribution in [1.29, 1.82) is 0 Å². The fourth-order valence-corrected chi connectivity index (χ4v) is 2.29. The van der Waals surface area contributed by atoms with E-state index in [9.17, 15) is 9.18 Å². The Hall–Kier alpha value is -2.23. The second-order valence-corrected chi connectivity index (χ2v) is 5.08. The summed E-state index contributed by atoms with van der Waals surface area (Å²) >= 11 is 0. The van der Waals surface area contributed by atoms with Crippen molar-refractivity contribution in [3.8, 4) is 0 Å². The number of hydrogen-bond donors (Lipinski definition) is 1. The van der Waals surface area contributed by atoms with Gasteiger partial charge in [-0.15, -0.1) is 0 Å². The van der Waals surface area contributed by atoms with E-state index in [0.717, 1.165) is 18.4 Å². The van der Waals surface area contributed by atoms with Crippen molar-refractivity contribution in [3.05, 3.63) is 65.7 Å². The lowest BCUT2D eigenvalue weighted by Gasteiger charge is -2.18. The molecule has 2 aromatic rings. The van der Waals surface area contributed by atoms with E-state index in [2.05, 4.69) is 10.3 Å². The molecule has 0 aliphatic heterocycles. The minimum Gasteiger partial charge on any atom is -0.345 e. The maximum absolute atomic E-state index is 13.0. The molecule has 1 amide bonds. The molecule has 0 spiro atoms. The molecule has 0 radical (unpaired) electrons. The van der Waals surface area contributed by atoms with Gasteiger partial charge in [-0.1, -0.05) is 12.1 Å². The van der Waals surface area contributed by atoms with Crippen LogP contribution in [-0.2, 0) is 0 Å². The minimum absolute atomic E-state index is 0.0525. The molecule has 4 heteroatoms. The van der Waals surface area contributed by atoms with E-state index in [1.165, 1.54) is 12.1 Å². The van der Waals surface area contributed by atoms with Crippen LogP contribution in [0.25, 0.3) is 0 Å². The quantitative estimate of drug-likeness (QED) is 0.927. The van der Waals surface area contributed by atoms with Crippen LogP contribution in [0, 0.1) is 11.7 Å². The molecule has 0 unspecified atom stereocenters. The number of rotatable bonds is 4. The van der Waals surface area contributed by atoms with Gasteiger partial charge in [-0.05, 0) is 48.6 Å². The fraction of sp³-hybridized carbons (Fsp3) is 0.250. The second kappa shape index (κ2) is 5.41. The van der Waals surface area contributed by atoms with Crippen LogP contribution >= 0.6 is 0 Å². The molecule has 0 saturated heterocycles. The Morgan fingerprint density at radius 1 is 1.25 bits per heavy atom. The van der Waals surface area contributed by atoms with E-state index in [4.69, 9.17) is 0 Å². The number of benzene rings is 1. The molecule has 3 nitrogen and oxygen atoms in total. The van der Waals surface area contributed by atoms with E-state index in [1.807, 2.05) is 0 Å². The SMILES string of the molecule is O=C(N[C@@H](c1ccc(F)cc1)C1CC1)c1cccnc1. The van der Waals surface area contributed by atoms with E-state index in [-0.39, 0.29) is 17.8 Å². The summed E-state index contributed by atoms with van der Waals surface area (Å²) in [6.07, 6.45) is 5.36. The summed E-state index contributed by atoms with van der Waals surface area (Å²) in [7, 11) is 0. The monoisotopic (exact) mass is 270 g/mol. The maximum Gasteiger partial charge on any atom is 0.253 e. The lowest BCUT2D eigenvalue weighted by atomic mass is 10.0. The lowest BCUT2D eigenvalue weighted by Crippen LogP contribution is -2.29. The predicted molar refractivity (Wildman–Crippen MR) is 73.6 cm³/mol. The average molecular weight is 270 g/mol. The summed E-state index contributed by atoms with van der Waals surface area (Å²) in [5.41, 5.74) is 1.49. The van der Waals surface area contributed by atoms with Crippen LogP contribution in [0.3, 0.4) is 0 Å². The average Bonchev–Trinajstić information content (AvgIpc) is 3.31. The smallest absolute Gasteiger partial charge is 0.253 e. The highest BCUT2D eigenvalue weighted by Crippen LogP contribution is 2.41. The Balaban J connectivity index is 1.78. The van der Waals surface area contributed by atoms with Gasteiger partial charge in [0.1, 0.15) is 5.82 Å². The predicted octanol–water partition coefficient (Wildman–Crippen LogP) is 3.10. The Bertz CT molecular complexity index is 594. The first-order valence-corrected chi connectivity index (χ1v) is 6.70. The summed E-state index contributed by atoms with van der Waals surface area (Å²) in [6.45, 7) is 0. The summed E-state index contributed by atoms with van der Waals surface area (Å²) in [4.78, 5) is 16.1. The van der Waals surface area contributed by atoms with Gasteiger partial charge in [0.05, 0.1) is 11.6 Å². The van der Waals surface area contributed by atoms with Gasteiger partial charge in [0.25, 0.3) is 5.91 Å². The standard InChI is InChI=1S/C16H15FN2O/c17-14-7-5-12(6-8-14)15(11-3-4-11)19-16(20)13-2-1-9-18-10-13/h1-2,5-11,15H,3-4H2,(H,19,20)/t15-/m1/s1. The summed E-state index contributed by atoms with van der Waals surface area (Å²) in [6, 6.07) is 9.75. The van der Waals surface area contributed by atoms with E-state index < -0.39 is 0 Å². The molecule has 1 aromatic heterocycles. The molecule has 1 saturated carbocycles. The molecule has 1 aromatic carbocycles. The van der Waals surface area contributed by atoms with E-state index >= 15 is 0 Å². The molecule has 102 valence electrons. The largest absolute Gasteiger partial charge is 0.345 e. The molecule has 1 N–H and O–H groups in total. The first-order valence-electron chi connectivity index (χ1n) is 6.70. The van der Waals surface area contributed by atoms with Crippen molar-refractivity contribution in [1.82, 2.24) is 10.3 Å². The van der Waals surface area contributed by atoms with Crippen LogP contribution in [0.2, 0.25) is 0 Å². The van der Waals surface area contributed by atoms with Crippen molar-refractivity contribution in [2.45, 2.75) is 18.9 Å². The van der Waals surface area contributed by atoms with Crippen molar-refractivity contribution in [2.75, 3.05) is 0 Å². The van der Waals surface area contributed by atoms with Crippen molar-refractivity contribution in [2.24, 2.45) is 5.92 Å². The molecule has 1 aliphatic carbocycles. The number of halogens is 1. The Kier molecular flexibility index (Phi) is 3.46. The third-order valence-electron chi connectivity index (χ3n) is 3.53. The van der Waals surface area contributed by atoms with E-state index in [1.54, 1.807) is 36.7 Å². The van der Waals surface area contributed by atoms with Gasteiger partial charge in [-0.25, -0.2) is 4.39 Å². The Morgan fingerprint density at radius 3 is 2.60 bits per heavy atom. The Morgan fingerprint density at radius 2 is 2.00 bits per heavy atom. The first-order chi connectivity index (χ1) is 9.74. The van der Waals surface area contributed by atoms with Crippen molar-refractivity contribution in [3.63, 3.8) is 0 Å². The number of carbonyl (C=O) groups is 1. The number of nitrogens with zero attached hydrogens (tertiary/aromatic N) is 1. The maximum atomic E-state index is 13.0. The van der Waals surface area contributed by atoms with Gasteiger partial charge < -0.3 is 5.32 Å². The van der Waals surface area contributed by atoms with Gasteiger partial charge in [-0.2, -0.15) is 0 Å². The first kappa shape index (κ1) is 12.8. The number of amides is 1. The topological polar surface area (TPSA) is 42.0 Å². The Labute approximate surface area is 116 Å². The van der Waals surface area contributed by atoms with Crippen LogP contribution in [0.1, 0.15) is 34.8 Å². The highest BCUT2D eigenvalue weighted by Gasteiger charge is 2.33. The molecule has 1 atom stereocenters. The number of pyridine rings is 1. The van der Waals surface area contributed by atoms with Crippen LogP contribution in [-0.4, -0.2) is 10.9 Å². The van der Waals surface area contributed by atoms with Gasteiger partial charge in [0, 0.05) is 12.4 Å². The third-order valence-corrected chi connectivity index (χ3v) is 3.53. The van der Waals surface area contributed by atoms with E-state index in [0.29, 0.717) is 11.5 Å². The second-order valence-electron chi connectivity index (χ2n) is 5.08. The van der Waals surface area contributed by atoms with Gasteiger partial charge >= 0.3 is 0 Å². The summed E-state index contributed by atoms with van der Waals surface area (Å²) < 4.78 is 13.0. The molecule has 3 rings (SSSR count). The van der Waals surface area contributed by atoms with Crippen LogP contribution in [0.5, 0.6) is 0 Å². The van der Waals surface area contributed by atoms with Gasteiger partial charge in [-0.3, -0.25) is 9.78 Å².